The van der Waals surface area contributed by atoms with Crippen molar-refractivity contribution in [2.45, 2.75) is 64.5 Å². The molecule has 3 nitrogen and oxygen atoms in total. The fourth-order valence-electron chi connectivity index (χ4n) is 3.61. The van der Waals surface area contributed by atoms with Crippen molar-refractivity contribution in [3.63, 3.8) is 0 Å². The van der Waals surface area contributed by atoms with Crippen LogP contribution in [0.1, 0.15) is 64.5 Å². The van der Waals surface area contributed by atoms with Crippen LogP contribution >= 0.6 is 0 Å². The summed E-state index contributed by atoms with van der Waals surface area (Å²) in [5.41, 5.74) is 0.794. The molecule has 3 heteroatoms. The van der Waals surface area contributed by atoms with E-state index in [9.17, 15) is 4.79 Å². The Hall–Kier alpha value is -1.51. The van der Waals surface area contributed by atoms with Crippen LogP contribution in [0.15, 0.2) is 30.3 Å². The Kier molecular flexibility index (Phi) is 4.65. The molecule has 2 fully saturated rings. The first kappa shape index (κ1) is 16.4. The van der Waals surface area contributed by atoms with E-state index in [2.05, 4.69) is 24.3 Å². The lowest BCUT2D eigenvalue weighted by atomic mass is 9.84. The van der Waals surface area contributed by atoms with Crippen LogP contribution in [0.25, 0.3) is 0 Å². The summed E-state index contributed by atoms with van der Waals surface area (Å²) in [6.07, 6.45) is 6.16. The van der Waals surface area contributed by atoms with Gasteiger partial charge in [0.15, 0.2) is 0 Å². The van der Waals surface area contributed by atoms with Gasteiger partial charge in [0.25, 0.3) is 0 Å². The Labute approximate surface area is 140 Å². The third kappa shape index (κ3) is 4.49. The molecule has 0 aromatic heterocycles. The molecule has 2 aliphatic rings. The second kappa shape index (κ2) is 6.54. The van der Waals surface area contributed by atoms with E-state index in [1.165, 1.54) is 24.8 Å². The minimum Gasteiger partial charge on any atom is -0.444 e. The monoisotopic (exact) mass is 315 g/mol. The first-order valence-corrected chi connectivity index (χ1v) is 8.97. The largest absolute Gasteiger partial charge is 0.444 e. The van der Waals surface area contributed by atoms with Crippen LogP contribution in [0.2, 0.25) is 0 Å². The molecular weight excluding hydrogens is 286 g/mol. The fraction of sp³-hybridized carbons (Fsp3) is 0.650. The number of benzene rings is 1. The molecular formula is C20H29NO2. The molecule has 1 aliphatic carbocycles. The number of rotatable bonds is 3. The SMILES string of the molecule is CC(C)(C)OC(=O)N1CCC(CC2CC2)CC1c1ccccc1. The predicted octanol–water partition coefficient (Wildman–Crippen LogP) is 5.17. The number of carbonyl (C=O) groups excluding carboxylic acids is 1. The first-order valence-electron chi connectivity index (χ1n) is 8.97. The van der Waals surface area contributed by atoms with Crippen molar-refractivity contribution in [1.82, 2.24) is 4.90 Å². The molecule has 1 aromatic rings. The fourth-order valence-corrected chi connectivity index (χ4v) is 3.61. The number of amides is 1. The van der Waals surface area contributed by atoms with Crippen molar-refractivity contribution in [3.05, 3.63) is 35.9 Å². The number of hydrogen-bond donors (Lipinski definition) is 0. The summed E-state index contributed by atoms with van der Waals surface area (Å²) < 4.78 is 5.64. The van der Waals surface area contributed by atoms with Crippen molar-refractivity contribution in [3.8, 4) is 0 Å². The van der Waals surface area contributed by atoms with Gasteiger partial charge >= 0.3 is 6.09 Å². The van der Waals surface area contributed by atoms with Crippen LogP contribution in [-0.4, -0.2) is 23.1 Å². The van der Waals surface area contributed by atoms with Crippen molar-refractivity contribution in [1.29, 1.82) is 0 Å². The predicted molar refractivity (Wildman–Crippen MR) is 92.2 cm³/mol. The molecule has 0 bridgehead atoms. The van der Waals surface area contributed by atoms with E-state index < -0.39 is 5.60 Å². The highest BCUT2D eigenvalue weighted by Crippen LogP contribution is 2.42. The molecule has 2 unspecified atom stereocenters. The quantitative estimate of drug-likeness (QED) is 0.769. The number of ether oxygens (including phenoxy) is 1. The molecule has 1 aliphatic heterocycles. The van der Waals surface area contributed by atoms with Gasteiger partial charge in [-0.1, -0.05) is 43.2 Å². The van der Waals surface area contributed by atoms with Crippen LogP contribution in [0.5, 0.6) is 0 Å². The normalized spacial score (nSPS) is 25.3. The maximum atomic E-state index is 12.6. The van der Waals surface area contributed by atoms with E-state index in [0.29, 0.717) is 0 Å². The first-order chi connectivity index (χ1) is 10.9. The number of piperidine rings is 1. The molecule has 1 saturated heterocycles. The molecule has 0 spiro atoms. The van der Waals surface area contributed by atoms with Crippen LogP contribution in [0, 0.1) is 11.8 Å². The van der Waals surface area contributed by atoms with Gasteiger partial charge in [0.1, 0.15) is 5.60 Å². The van der Waals surface area contributed by atoms with Crippen molar-refractivity contribution in [2.24, 2.45) is 11.8 Å². The third-order valence-electron chi connectivity index (χ3n) is 4.89. The van der Waals surface area contributed by atoms with E-state index in [1.807, 2.05) is 31.7 Å². The minimum absolute atomic E-state index is 0.156. The lowest BCUT2D eigenvalue weighted by Gasteiger charge is -2.40. The average Bonchev–Trinajstić information content (AvgIpc) is 3.30. The number of nitrogens with zero attached hydrogens (tertiary/aromatic N) is 1. The molecule has 1 amide bonds. The van der Waals surface area contributed by atoms with Gasteiger partial charge in [-0.3, -0.25) is 0 Å². The maximum Gasteiger partial charge on any atom is 0.410 e. The molecule has 0 radical (unpaired) electrons. The van der Waals surface area contributed by atoms with E-state index in [4.69, 9.17) is 4.74 Å². The number of hydrogen-bond acceptors (Lipinski definition) is 2. The summed E-state index contributed by atoms with van der Waals surface area (Å²) in [5.74, 6) is 1.69. The molecule has 0 N–H and O–H groups in total. The summed E-state index contributed by atoms with van der Waals surface area (Å²) >= 11 is 0. The Morgan fingerprint density at radius 1 is 1.13 bits per heavy atom. The van der Waals surface area contributed by atoms with E-state index in [-0.39, 0.29) is 12.1 Å². The molecule has 2 atom stereocenters. The number of likely N-dealkylation sites (tertiary alicyclic amines) is 1. The average molecular weight is 315 g/mol. The lowest BCUT2D eigenvalue weighted by molar-refractivity contribution is 0.00340. The van der Waals surface area contributed by atoms with Gasteiger partial charge < -0.3 is 9.64 Å². The Morgan fingerprint density at radius 3 is 2.43 bits per heavy atom. The molecule has 1 heterocycles. The zero-order valence-corrected chi connectivity index (χ0v) is 14.6. The Balaban J connectivity index is 1.75. The summed E-state index contributed by atoms with van der Waals surface area (Å²) in [6, 6.07) is 10.6. The van der Waals surface area contributed by atoms with Gasteiger partial charge in [0.05, 0.1) is 6.04 Å². The van der Waals surface area contributed by atoms with Crippen LogP contribution in [0.3, 0.4) is 0 Å². The second-order valence-electron chi connectivity index (χ2n) is 8.17. The van der Waals surface area contributed by atoms with Crippen molar-refractivity contribution < 1.29 is 9.53 Å². The van der Waals surface area contributed by atoms with Crippen molar-refractivity contribution >= 4 is 6.09 Å². The third-order valence-corrected chi connectivity index (χ3v) is 4.89. The molecule has 1 aromatic carbocycles. The lowest BCUT2D eigenvalue weighted by Crippen LogP contribution is -2.43. The second-order valence-corrected chi connectivity index (χ2v) is 8.17. The topological polar surface area (TPSA) is 29.5 Å². The van der Waals surface area contributed by atoms with Crippen molar-refractivity contribution in [2.75, 3.05) is 6.54 Å². The van der Waals surface area contributed by atoms with Crippen LogP contribution < -0.4 is 0 Å². The van der Waals surface area contributed by atoms with Crippen LogP contribution in [0.4, 0.5) is 4.79 Å². The van der Waals surface area contributed by atoms with E-state index in [0.717, 1.165) is 31.2 Å². The van der Waals surface area contributed by atoms with Gasteiger partial charge in [0, 0.05) is 6.54 Å². The number of carbonyl (C=O) groups is 1. The zero-order chi connectivity index (χ0) is 16.4. The summed E-state index contributed by atoms with van der Waals surface area (Å²) in [6.45, 7) is 6.61. The van der Waals surface area contributed by atoms with Gasteiger partial charge in [-0.25, -0.2) is 4.79 Å². The highest BCUT2D eigenvalue weighted by molar-refractivity contribution is 5.69. The van der Waals surface area contributed by atoms with Gasteiger partial charge in [-0.05, 0) is 57.4 Å². The highest BCUT2D eigenvalue weighted by atomic mass is 16.6. The van der Waals surface area contributed by atoms with Crippen LogP contribution in [-0.2, 0) is 4.74 Å². The van der Waals surface area contributed by atoms with E-state index in [1.54, 1.807) is 0 Å². The maximum absolute atomic E-state index is 12.6. The molecule has 126 valence electrons. The highest BCUT2D eigenvalue weighted by Gasteiger charge is 2.37. The van der Waals surface area contributed by atoms with Gasteiger partial charge in [-0.2, -0.15) is 0 Å². The minimum atomic E-state index is -0.441. The van der Waals surface area contributed by atoms with Gasteiger partial charge in [-0.15, -0.1) is 0 Å². The summed E-state index contributed by atoms with van der Waals surface area (Å²) in [7, 11) is 0. The zero-order valence-electron chi connectivity index (χ0n) is 14.6. The molecule has 3 rings (SSSR count). The summed E-state index contributed by atoms with van der Waals surface area (Å²) in [4.78, 5) is 14.6. The molecule has 23 heavy (non-hydrogen) atoms. The smallest absolute Gasteiger partial charge is 0.410 e. The van der Waals surface area contributed by atoms with E-state index >= 15 is 0 Å². The van der Waals surface area contributed by atoms with Gasteiger partial charge in [0.2, 0.25) is 0 Å². The Bertz CT molecular complexity index is 530. The Morgan fingerprint density at radius 2 is 1.83 bits per heavy atom. The molecule has 1 saturated carbocycles. The standard InChI is InChI=1S/C20H29NO2/c1-20(2,3)23-19(22)21-12-11-16(13-15-9-10-15)14-18(21)17-7-5-4-6-8-17/h4-8,15-16,18H,9-14H2,1-3H3. The summed E-state index contributed by atoms with van der Waals surface area (Å²) in [5, 5.41) is 0.